The van der Waals surface area contributed by atoms with E-state index in [-0.39, 0.29) is 11.3 Å². The Morgan fingerprint density at radius 1 is 1.10 bits per heavy atom. The summed E-state index contributed by atoms with van der Waals surface area (Å²) in [4.78, 5) is 38.9. The zero-order valence-electron chi connectivity index (χ0n) is 10.5. The van der Waals surface area contributed by atoms with Gasteiger partial charge in [-0.2, -0.15) is 0 Å². The van der Waals surface area contributed by atoms with E-state index in [1.54, 1.807) is 12.1 Å². The monoisotopic (exact) mass is 301 g/mol. The average molecular weight is 302 g/mol. The van der Waals surface area contributed by atoms with Gasteiger partial charge in [0.25, 0.3) is 17.7 Å². The standard InChI is InChI=1S/C14H8ClN3O3/c15-7-3-4-16-11(5-7)14(21)17-8-1-2-9-10(6-8)13(20)18-12(9)19/h1-6H,(H,17,21)(H,18,19,20). The summed E-state index contributed by atoms with van der Waals surface area (Å²) in [6.07, 6.45) is 1.42. The Hall–Kier alpha value is -2.73. The first-order chi connectivity index (χ1) is 10.0. The molecule has 0 saturated carbocycles. The lowest BCUT2D eigenvalue weighted by atomic mass is 10.1. The maximum atomic E-state index is 12.0. The number of hydrogen-bond donors (Lipinski definition) is 2. The lowest BCUT2D eigenvalue weighted by Gasteiger charge is -2.06. The number of fused-ring (bicyclic) bond motifs is 1. The van der Waals surface area contributed by atoms with Crippen molar-refractivity contribution >= 4 is 35.0 Å². The Kier molecular flexibility index (Phi) is 3.15. The Balaban J connectivity index is 1.86. The van der Waals surface area contributed by atoms with E-state index in [9.17, 15) is 14.4 Å². The number of rotatable bonds is 2. The van der Waals surface area contributed by atoms with Crippen molar-refractivity contribution in [2.45, 2.75) is 0 Å². The van der Waals surface area contributed by atoms with Gasteiger partial charge in [-0.1, -0.05) is 11.6 Å². The minimum absolute atomic E-state index is 0.156. The fraction of sp³-hybridized carbons (Fsp3) is 0. The first kappa shape index (κ1) is 13.3. The molecular formula is C14H8ClN3O3. The first-order valence-electron chi connectivity index (χ1n) is 5.97. The van der Waals surface area contributed by atoms with Crippen LogP contribution in [0.1, 0.15) is 31.2 Å². The number of carbonyl (C=O) groups is 3. The highest BCUT2D eigenvalue weighted by Gasteiger charge is 2.26. The minimum atomic E-state index is -0.480. The van der Waals surface area contributed by atoms with Crippen LogP contribution in [0.2, 0.25) is 5.02 Å². The summed E-state index contributed by atoms with van der Waals surface area (Å²) < 4.78 is 0. The molecule has 1 aliphatic heterocycles. The fourth-order valence-corrected chi connectivity index (χ4v) is 2.13. The van der Waals surface area contributed by atoms with Crippen LogP contribution < -0.4 is 10.6 Å². The summed E-state index contributed by atoms with van der Waals surface area (Å²) in [6, 6.07) is 7.46. The molecule has 0 atom stereocenters. The molecular weight excluding hydrogens is 294 g/mol. The fourth-order valence-electron chi connectivity index (χ4n) is 1.97. The van der Waals surface area contributed by atoms with Crippen LogP contribution in [0, 0.1) is 0 Å². The van der Waals surface area contributed by atoms with Crippen LogP contribution in [-0.2, 0) is 0 Å². The topological polar surface area (TPSA) is 88.2 Å². The van der Waals surface area contributed by atoms with E-state index >= 15 is 0 Å². The van der Waals surface area contributed by atoms with E-state index in [1.165, 1.54) is 24.4 Å². The Labute approximate surface area is 124 Å². The number of anilines is 1. The zero-order chi connectivity index (χ0) is 15.0. The summed E-state index contributed by atoms with van der Waals surface area (Å²) in [5.41, 5.74) is 1.07. The summed E-state index contributed by atoms with van der Waals surface area (Å²) in [6.45, 7) is 0. The van der Waals surface area contributed by atoms with Crippen LogP contribution in [0.5, 0.6) is 0 Å². The summed E-state index contributed by atoms with van der Waals surface area (Å²) in [5.74, 6) is -1.38. The Morgan fingerprint density at radius 3 is 2.62 bits per heavy atom. The lowest BCUT2D eigenvalue weighted by Crippen LogP contribution is -2.19. The van der Waals surface area contributed by atoms with E-state index in [0.29, 0.717) is 16.3 Å². The molecule has 3 rings (SSSR count). The highest BCUT2D eigenvalue weighted by Crippen LogP contribution is 2.20. The quantitative estimate of drug-likeness (QED) is 0.829. The maximum Gasteiger partial charge on any atom is 0.274 e. The second-order valence-electron chi connectivity index (χ2n) is 4.36. The molecule has 1 aromatic carbocycles. The molecule has 0 radical (unpaired) electrons. The van der Waals surface area contributed by atoms with Crippen molar-refractivity contribution < 1.29 is 14.4 Å². The molecule has 1 aromatic heterocycles. The smallest absolute Gasteiger partial charge is 0.274 e. The molecule has 0 bridgehead atoms. The summed E-state index contributed by atoms with van der Waals surface area (Å²) >= 11 is 5.79. The van der Waals surface area contributed by atoms with Crippen molar-refractivity contribution in [1.29, 1.82) is 0 Å². The zero-order valence-corrected chi connectivity index (χ0v) is 11.3. The van der Waals surface area contributed by atoms with Crippen molar-refractivity contribution in [2.24, 2.45) is 0 Å². The number of halogens is 1. The molecule has 0 aliphatic carbocycles. The van der Waals surface area contributed by atoms with Crippen molar-refractivity contribution in [3.63, 3.8) is 0 Å². The van der Waals surface area contributed by atoms with E-state index in [2.05, 4.69) is 15.6 Å². The molecule has 0 spiro atoms. The molecule has 2 aromatic rings. The predicted octanol–water partition coefficient (Wildman–Crippen LogP) is 1.87. The highest BCUT2D eigenvalue weighted by molar-refractivity contribution is 6.31. The van der Waals surface area contributed by atoms with Gasteiger partial charge in [-0.3, -0.25) is 24.7 Å². The SMILES string of the molecule is O=C(Nc1ccc2c(c1)C(=O)NC2=O)c1cc(Cl)ccn1. The van der Waals surface area contributed by atoms with Crippen molar-refractivity contribution in [3.05, 3.63) is 58.4 Å². The number of benzene rings is 1. The number of amides is 3. The van der Waals surface area contributed by atoms with E-state index in [4.69, 9.17) is 11.6 Å². The normalized spacial score (nSPS) is 12.8. The number of imide groups is 1. The first-order valence-corrected chi connectivity index (χ1v) is 6.35. The van der Waals surface area contributed by atoms with Crippen molar-refractivity contribution in [3.8, 4) is 0 Å². The molecule has 1 aliphatic rings. The molecule has 0 unspecified atom stereocenters. The van der Waals surface area contributed by atoms with Gasteiger partial charge in [-0.05, 0) is 30.3 Å². The number of aromatic nitrogens is 1. The van der Waals surface area contributed by atoms with Gasteiger partial charge in [0.1, 0.15) is 5.69 Å². The van der Waals surface area contributed by atoms with Gasteiger partial charge in [0, 0.05) is 16.9 Å². The van der Waals surface area contributed by atoms with Crippen LogP contribution in [0.25, 0.3) is 0 Å². The Bertz CT molecular complexity index is 789. The third-order valence-electron chi connectivity index (χ3n) is 2.95. The van der Waals surface area contributed by atoms with Crippen LogP contribution >= 0.6 is 11.6 Å². The molecule has 6 nitrogen and oxygen atoms in total. The van der Waals surface area contributed by atoms with Gasteiger partial charge < -0.3 is 5.32 Å². The molecule has 2 heterocycles. The van der Waals surface area contributed by atoms with E-state index in [1.807, 2.05) is 0 Å². The molecule has 21 heavy (non-hydrogen) atoms. The van der Waals surface area contributed by atoms with Gasteiger partial charge in [0.15, 0.2) is 0 Å². The number of pyridine rings is 1. The summed E-state index contributed by atoms with van der Waals surface area (Å²) in [7, 11) is 0. The Morgan fingerprint density at radius 2 is 1.86 bits per heavy atom. The lowest BCUT2D eigenvalue weighted by molar-refractivity contribution is 0.0878. The maximum absolute atomic E-state index is 12.0. The molecule has 7 heteroatoms. The molecule has 0 fully saturated rings. The second kappa shape index (κ2) is 4.99. The van der Waals surface area contributed by atoms with Gasteiger partial charge in [0.05, 0.1) is 11.1 Å². The van der Waals surface area contributed by atoms with Crippen LogP contribution in [-0.4, -0.2) is 22.7 Å². The van der Waals surface area contributed by atoms with Gasteiger partial charge in [0.2, 0.25) is 0 Å². The minimum Gasteiger partial charge on any atom is -0.321 e. The largest absolute Gasteiger partial charge is 0.321 e. The van der Waals surface area contributed by atoms with Crippen LogP contribution in [0.15, 0.2) is 36.5 Å². The number of nitrogens with zero attached hydrogens (tertiary/aromatic N) is 1. The van der Waals surface area contributed by atoms with Crippen LogP contribution in [0.4, 0.5) is 5.69 Å². The third kappa shape index (κ3) is 2.48. The molecule has 0 saturated heterocycles. The number of nitrogens with one attached hydrogen (secondary N) is 2. The molecule has 104 valence electrons. The molecule has 3 amide bonds. The van der Waals surface area contributed by atoms with Gasteiger partial charge in [-0.25, -0.2) is 0 Å². The van der Waals surface area contributed by atoms with Gasteiger partial charge >= 0.3 is 0 Å². The molecule has 2 N–H and O–H groups in total. The average Bonchev–Trinajstić information content (AvgIpc) is 2.74. The van der Waals surface area contributed by atoms with E-state index < -0.39 is 17.7 Å². The number of hydrogen-bond acceptors (Lipinski definition) is 4. The third-order valence-corrected chi connectivity index (χ3v) is 3.18. The van der Waals surface area contributed by atoms with Gasteiger partial charge in [-0.15, -0.1) is 0 Å². The summed E-state index contributed by atoms with van der Waals surface area (Å²) in [5, 5.41) is 5.18. The second-order valence-corrected chi connectivity index (χ2v) is 4.79. The van der Waals surface area contributed by atoms with Crippen molar-refractivity contribution in [2.75, 3.05) is 5.32 Å². The van der Waals surface area contributed by atoms with Crippen molar-refractivity contribution in [1.82, 2.24) is 10.3 Å². The van der Waals surface area contributed by atoms with Crippen LogP contribution in [0.3, 0.4) is 0 Å². The van der Waals surface area contributed by atoms with E-state index in [0.717, 1.165) is 0 Å². The number of carbonyl (C=O) groups excluding carboxylic acids is 3. The highest BCUT2D eigenvalue weighted by atomic mass is 35.5. The predicted molar refractivity (Wildman–Crippen MR) is 75.4 cm³/mol.